The summed E-state index contributed by atoms with van der Waals surface area (Å²) >= 11 is 0. The number of carbonyl (C=O) groups excluding carboxylic acids is 1. The molecule has 0 atom stereocenters. The van der Waals surface area contributed by atoms with Crippen LogP contribution < -0.4 is 15.8 Å². The summed E-state index contributed by atoms with van der Waals surface area (Å²) < 4.78 is 44.6. The number of amides is 1. The molecule has 3 aromatic rings. The van der Waals surface area contributed by atoms with E-state index < -0.39 is 17.6 Å². The Morgan fingerprint density at radius 3 is 2.65 bits per heavy atom. The third kappa shape index (κ3) is 3.45. The first-order valence-electron chi connectivity index (χ1n) is 10.2. The first kappa shape index (κ1) is 19.7. The van der Waals surface area contributed by atoms with E-state index in [1.165, 1.54) is 23.4 Å². The molecule has 1 amide bonds. The second-order valence-corrected chi connectivity index (χ2v) is 8.00. The lowest BCUT2D eigenvalue weighted by Gasteiger charge is -2.37. The van der Waals surface area contributed by atoms with Crippen LogP contribution in [-0.4, -0.2) is 19.0 Å². The van der Waals surface area contributed by atoms with Gasteiger partial charge in [-0.3, -0.25) is 10.2 Å². The number of rotatable bonds is 2. The fraction of sp³-hybridized carbons (Fsp3) is 0.304. The Balaban J connectivity index is 1.54. The number of aryl methyl sites for hydroxylation is 2. The fourth-order valence-corrected chi connectivity index (χ4v) is 4.60. The highest BCUT2D eigenvalue weighted by Crippen LogP contribution is 2.39. The second-order valence-electron chi connectivity index (χ2n) is 8.00. The average molecular weight is 427 g/mol. The third-order valence-electron chi connectivity index (χ3n) is 5.94. The molecule has 5 nitrogen and oxygen atoms in total. The van der Waals surface area contributed by atoms with Gasteiger partial charge in [-0.05, 0) is 61.6 Å². The highest BCUT2D eigenvalue weighted by molar-refractivity contribution is 6.05. The summed E-state index contributed by atoms with van der Waals surface area (Å²) in [6.07, 6.45) is -0.632. The van der Waals surface area contributed by atoms with Crippen LogP contribution in [0, 0.1) is 5.41 Å². The van der Waals surface area contributed by atoms with Gasteiger partial charge in [-0.15, -0.1) is 0 Å². The van der Waals surface area contributed by atoms with Crippen LogP contribution in [-0.2, 0) is 19.0 Å². The Morgan fingerprint density at radius 1 is 1.10 bits per heavy atom. The number of anilines is 2. The van der Waals surface area contributed by atoms with Gasteiger partial charge in [-0.1, -0.05) is 6.07 Å². The van der Waals surface area contributed by atoms with E-state index in [0.29, 0.717) is 5.58 Å². The maximum atomic E-state index is 12.9. The molecule has 160 valence electrons. The quantitative estimate of drug-likeness (QED) is 0.612. The minimum Gasteiger partial charge on any atom is -0.438 e. The van der Waals surface area contributed by atoms with Crippen LogP contribution >= 0.6 is 0 Å². The van der Waals surface area contributed by atoms with E-state index in [4.69, 9.17) is 9.83 Å². The van der Waals surface area contributed by atoms with E-state index in [9.17, 15) is 18.0 Å². The van der Waals surface area contributed by atoms with E-state index >= 15 is 0 Å². The van der Waals surface area contributed by atoms with Gasteiger partial charge in [0.1, 0.15) is 11.1 Å². The van der Waals surface area contributed by atoms with Crippen LogP contribution in [0.5, 0.6) is 0 Å². The summed E-state index contributed by atoms with van der Waals surface area (Å²) in [6.45, 7) is 2.02. The van der Waals surface area contributed by atoms with Crippen LogP contribution in [0.4, 0.5) is 24.5 Å². The molecular weight excluding hydrogens is 407 g/mol. The molecule has 0 fully saturated rings. The summed E-state index contributed by atoms with van der Waals surface area (Å²) in [5, 5.41) is 11.4. The van der Waals surface area contributed by atoms with Crippen molar-refractivity contribution in [2.24, 2.45) is 0 Å². The molecule has 31 heavy (non-hydrogen) atoms. The fourth-order valence-electron chi connectivity index (χ4n) is 4.60. The van der Waals surface area contributed by atoms with Crippen LogP contribution in [0.25, 0.3) is 11.0 Å². The Bertz CT molecular complexity index is 1260. The van der Waals surface area contributed by atoms with Gasteiger partial charge in [0.2, 0.25) is 5.55 Å². The molecule has 0 unspecified atom stereocenters. The van der Waals surface area contributed by atoms with Crippen LogP contribution in [0.3, 0.4) is 0 Å². The molecule has 0 saturated carbocycles. The number of benzene rings is 2. The van der Waals surface area contributed by atoms with Gasteiger partial charge in [-0.2, -0.15) is 13.2 Å². The smallest absolute Gasteiger partial charge is 0.416 e. The second kappa shape index (κ2) is 7.14. The number of nitrogens with zero attached hydrogens (tertiary/aromatic N) is 1. The molecule has 0 radical (unpaired) electrons. The van der Waals surface area contributed by atoms with E-state index in [-0.39, 0.29) is 16.8 Å². The van der Waals surface area contributed by atoms with Gasteiger partial charge in [0.05, 0.1) is 5.56 Å². The zero-order valence-electron chi connectivity index (χ0n) is 16.6. The van der Waals surface area contributed by atoms with Crippen molar-refractivity contribution in [3.8, 4) is 0 Å². The summed E-state index contributed by atoms with van der Waals surface area (Å²) in [5.41, 5.74) is 2.95. The molecule has 2 aliphatic heterocycles. The molecular formula is C23H20F3N3O2. The van der Waals surface area contributed by atoms with E-state index in [2.05, 4.69) is 10.2 Å². The molecule has 5 rings (SSSR count). The van der Waals surface area contributed by atoms with Gasteiger partial charge in [0.15, 0.2) is 0 Å². The molecule has 0 bridgehead atoms. The summed E-state index contributed by atoms with van der Waals surface area (Å²) in [5.74, 6) is -0.678. The van der Waals surface area contributed by atoms with E-state index in [1.54, 1.807) is 6.07 Å². The lowest BCUT2D eigenvalue weighted by Crippen LogP contribution is -2.34. The van der Waals surface area contributed by atoms with Gasteiger partial charge in [0, 0.05) is 35.4 Å². The molecule has 2 aromatic carbocycles. The van der Waals surface area contributed by atoms with Gasteiger partial charge in [-0.25, -0.2) is 0 Å². The molecule has 2 aliphatic rings. The van der Waals surface area contributed by atoms with Crippen molar-refractivity contribution >= 4 is 28.3 Å². The maximum Gasteiger partial charge on any atom is 0.416 e. The maximum absolute atomic E-state index is 12.9. The number of carbonyl (C=O) groups is 1. The largest absolute Gasteiger partial charge is 0.438 e. The van der Waals surface area contributed by atoms with E-state index in [1.807, 2.05) is 6.07 Å². The first-order chi connectivity index (χ1) is 14.8. The number of nitrogens with one attached hydrogen (secondary N) is 2. The SMILES string of the molecule is N=c1oc2c3c4c(cc2cc1C(=O)Nc1cccc(C(F)(F)F)c1)CCCN4CCC3. The molecule has 8 heteroatoms. The van der Waals surface area contributed by atoms with E-state index in [0.717, 1.165) is 61.9 Å². The number of hydrogen-bond acceptors (Lipinski definition) is 4. The summed E-state index contributed by atoms with van der Waals surface area (Å²) in [4.78, 5) is 15.1. The number of alkyl halides is 3. The first-order valence-corrected chi connectivity index (χ1v) is 10.2. The molecule has 2 N–H and O–H groups in total. The number of fused-ring (bicyclic) bond motifs is 2. The van der Waals surface area contributed by atoms with Crippen LogP contribution in [0.1, 0.15) is 39.9 Å². The number of hydrogen-bond donors (Lipinski definition) is 2. The zero-order valence-corrected chi connectivity index (χ0v) is 16.6. The Kier molecular flexibility index (Phi) is 4.53. The Morgan fingerprint density at radius 2 is 1.87 bits per heavy atom. The zero-order chi connectivity index (χ0) is 21.8. The van der Waals surface area contributed by atoms with Crippen molar-refractivity contribution < 1.29 is 22.4 Å². The lowest BCUT2D eigenvalue weighted by molar-refractivity contribution is -0.137. The molecule has 1 aromatic heterocycles. The standard InChI is InChI=1S/C23H20F3N3O2/c24-23(25,26)15-5-1-6-16(12-15)28-22(30)18-11-14-10-13-4-2-8-29-9-3-7-17(19(13)29)20(14)31-21(18)27/h1,5-6,10-12,27H,2-4,7-9H2,(H,28,30). The summed E-state index contributed by atoms with van der Waals surface area (Å²) in [7, 11) is 0. The van der Waals surface area contributed by atoms with Crippen molar-refractivity contribution in [2.45, 2.75) is 31.9 Å². The highest BCUT2D eigenvalue weighted by Gasteiger charge is 2.31. The molecule has 0 saturated heterocycles. The topological polar surface area (TPSA) is 69.3 Å². The van der Waals surface area contributed by atoms with Crippen molar-refractivity contribution in [3.63, 3.8) is 0 Å². The van der Waals surface area contributed by atoms with Gasteiger partial charge < -0.3 is 14.6 Å². The Labute approximate surface area is 176 Å². The predicted octanol–water partition coefficient (Wildman–Crippen LogP) is 4.88. The normalized spacial score (nSPS) is 15.6. The molecule has 0 spiro atoms. The minimum atomic E-state index is -4.51. The molecule has 0 aliphatic carbocycles. The van der Waals surface area contributed by atoms with Crippen molar-refractivity contribution in [2.75, 3.05) is 23.3 Å². The van der Waals surface area contributed by atoms with Gasteiger partial charge >= 0.3 is 6.18 Å². The highest BCUT2D eigenvalue weighted by atomic mass is 19.4. The number of halogens is 3. The van der Waals surface area contributed by atoms with Crippen LogP contribution in [0.15, 0.2) is 40.8 Å². The minimum absolute atomic E-state index is 0.00972. The lowest BCUT2D eigenvalue weighted by atomic mass is 9.90. The third-order valence-corrected chi connectivity index (χ3v) is 5.94. The van der Waals surface area contributed by atoms with Crippen molar-refractivity contribution in [1.82, 2.24) is 0 Å². The van der Waals surface area contributed by atoms with Crippen molar-refractivity contribution in [3.05, 3.63) is 64.2 Å². The predicted molar refractivity (Wildman–Crippen MR) is 110 cm³/mol. The van der Waals surface area contributed by atoms with Crippen molar-refractivity contribution in [1.29, 1.82) is 5.41 Å². The summed E-state index contributed by atoms with van der Waals surface area (Å²) in [6, 6.07) is 8.03. The molecule has 3 heterocycles. The average Bonchev–Trinajstić information content (AvgIpc) is 2.74. The van der Waals surface area contributed by atoms with Gasteiger partial charge in [0.25, 0.3) is 5.91 Å². The Hall–Kier alpha value is -3.29. The van der Waals surface area contributed by atoms with Crippen LogP contribution in [0.2, 0.25) is 0 Å². The monoisotopic (exact) mass is 427 g/mol.